The number of benzene rings is 2. The summed E-state index contributed by atoms with van der Waals surface area (Å²) in [6.45, 7) is 0. The number of nitrogens with one attached hydrogen (secondary N) is 2. The van der Waals surface area contributed by atoms with E-state index in [0.29, 0.717) is 11.9 Å². The van der Waals surface area contributed by atoms with Gasteiger partial charge >= 0.3 is 6.01 Å². The molecule has 2 aromatic heterocycles. The van der Waals surface area contributed by atoms with Crippen molar-refractivity contribution in [3.8, 4) is 23.0 Å². The maximum Gasteiger partial charge on any atom is 0.319 e. The van der Waals surface area contributed by atoms with Crippen molar-refractivity contribution in [1.29, 1.82) is 0 Å². The predicted octanol–water partition coefficient (Wildman–Crippen LogP) is 5.93. The van der Waals surface area contributed by atoms with Crippen molar-refractivity contribution in [2.24, 2.45) is 0 Å². The molecule has 0 amide bonds. The zero-order chi connectivity index (χ0) is 23.5. The van der Waals surface area contributed by atoms with Crippen LogP contribution in [0.2, 0.25) is 0 Å². The zero-order valence-corrected chi connectivity index (χ0v) is 20.8. The van der Waals surface area contributed by atoms with Gasteiger partial charge in [0, 0.05) is 34.4 Å². The number of fused-ring (bicyclic) bond motifs is 1. The van der Waals surface area contributed by atoms with Gasteiger partial charge in [0.15, 0.2) is 0 Å². The molecule has 0 radical (unpaired) electrons. The molecule has 4 aromatic rings. The highest BCUT2D eigenvalue weighted by molar-refractivity contribution is 7.98. The molecule has 1 fully saturated rings. The summed E-state index contributed by atoms with van der Waals surface area (Å²) in [5.41, 5.74) is 4.65. The normalized spacial score (nSPS) is 13.1. The number of pyridine rings is 1. The Balaban J connectivity index is 1.57. The average Bonchev–Trinajstić information content (AvgIpc) is 3.72. The smallest absolute Gasteiger partial charge is 0.319 e. The zero-order valence-electron chi connectivity index (χ0n) is 19.2. The predicted molar refractivity (Wildman–Crippen MR) is 139 cm³/mol. The first-order chi connectivity index (χ1) is 16.7. The molecule has 0 saturated heterocycles. The molecule has 1 saturated carbocycles. The number of thioether (sulfide) groups is 1. The Hall–Kier alpha value is -3.01. The summed E-state index contributed by atoms with van der Waals surface area (Å²) in [6, 6.07) is 15.4. The SMILES string of the molecule is COc1ncc(-c2ccc3c(Nc4cccc(SC)c4)c(SNC4CC4)cnc3c2)c(OC)n1. The lowest BCUT2D eigenvalue weighted by Gasteiger charge is -2.16. The summed E-state index contributed by atoms with van der Waals surface area (Å²) >= 11 is 3.37. The van der Waals surface area contributed by atoms with E-state index < -0.39 is 0 Å². The van der Waals surface area contributed by atoms with Gasteiger partial charge in [-0.3, -0.25) is 9.71 Å². The lowest BCUT2D eigenvalue weighted by molar-refractivity contribution is 0.353. The monoisotopic (exact) mass is 491 g/mol. The fraction of sp³-hybridized carbons (Fsp3) is 0.240. The molecule has 2 aromatic carbocycles. The molecule has 0 aliphatic heterocycles. The second kappa shape index (κ2) is 10.1. The molecule has 0 atom stereocenters. The highest BCUT2D eigenvalue weighted by atomic mass is 32.2. The van der Waals surface area contributed by atoms with Crippen LogP contribution in [0.5, 0.6) is 11.9 Å². The maximum absolute atomic E-state index is 5.48. The molecule has 1 aliphatic carbocycles. The van der Waals surface area contributed by atoms with Crippen LogP contribution in [0, 0.1) is 0 Å². The van der Waals surface area contributed by atoms with Gasteiger partial charge in [-0.2, -0.15) is 4.98 Å². The Morgan fingerprint density at radius 1 is 1.00 bits per heavy atom. The number of aromatic nitrogens is 3. The van der Waals surface area contributed by atoms with Crippen LogP contribution in [0.4, 0.5) is 11.4 Å². The van der Waals surface area contributed by atoms with Gasteiger partial charge in [0.2, 0.25) is 5.88 Å². The van der Waals surface area contributed by atoms with Crippen molar-refractivity contribution >= 4 is 46.0 Å². The van der Waals surface area contributed by atoms with Gasteiger partial charge in [0.05, 0.1) is 35.9 Å². The maximum atomic E-state index is 5.48. The molecule has 2 heterocycles. The van der Waals surface area contributed by atoms with Gasteiger partial charge in [0.1, 0.15) is 0 Å². The van der Waals surface area contributed by atoms with Crippen LogP contribution in [0.3, 0.4) is 0 Å². The van der Waals surface area contributed by atoms with Crippen LogP contribution in [0.1, 0.15) is 12.8 Å². The van der Waals surface area contributed by atoms with E-state index in [1.165, 1.54) is 24.8 Å². The topological polar surface area (TPSA) is 81.2 Å². The quantitative estimate of drug-likeness (QED) is 0.218. The Bertz CT molecular complexity index is 1330. The third-order valence-corrected chi connectivity index (χ3v) is 7.21. The molecule has 7 nitrogen and oxygen atoms in total. The van der Waals surface area contributed by atoms with Crippen LogP contribution >= 0.6 is 23.7 Å². The van der Waals surface area contributed by atoms with Crippen LogP contribution in [-0.2, 0) is 0 Å². The second-order valence-corrected chi connectivity index (χ2v) is 9.62. The molecule has 2 N–H and O–H groups in total. The minimum absolute atomic E-state index is 0.267. The molecule has 5 rings (SSSR count). The van der Waals surface area contributed by atoms with Crippen molar-refractivity contribution < 1.29 is 9.47 Å². The second-order valence-electron chi connectivity index (χ2n) is 7.86. The number of ether oxygens (including phenoxy) is 2. The minimum Gasteiger partial charge on any atom is -0.480 e. The summed E-state index contributed by atoms with van der Waals surface area (Å²) in [7, 11) is 3.12. The van der Waals surface area contributed by atoms with Crippen LogP contribution in [0.15, 0.2) is 64.6 Å². The summed E-state index contributed by atoms with van der Waals surface area (Å²) in [6.07, 6.45) is 8.17. The van der Waals surface area contributed by atoms with Crippen molar-refractivity contribution in [3.05, 3.63) is 54.9 Å². The minimum atomic E-state index is 0.267. The lowest BCUT2D eigenvalue weighted by Crippen LogP contribution is -2.06. The number of hydrogen-bond donors (Lipinski definition) is 2. The Labute approximate surface area is 207 Å². The van der Waals surface area contributed by atoms with Crippen molar-refractivity contribution in [1.82, 2.24) is 19.7 Å². The van der Waals surface area contributed by atoms with Gasteiger partial charge < -0.3 is 14.8 Å². The molecule has 0 bridgehead atoms. The van der Waals surface area contributed by atoms with E-state index in [9.17, 15) is 0 Å². The van der Waals surface area contributed by atoms with E-state index >= 15 is 0 Å². The fourth-order valence-corrected chi connectivity index (χ4v) is 4.90. The number of methoxy groups -OCH3 is 2. The average molecular weight is 492 g/mol. The first kappa shape index (κ1) is 22.8. The Kier molecular flexibility index (Phi) is 6.75. The van der Waals surface area contributed by atoms with E-state index in [2.05, 4.69) is 56.6 Å². The largest absolute Gasteiger partial charge is 0.480 e. The third-order valence-electron chi connectivity index (χ3n) is 5.50. The van der Waals surface area contributed by atoms with Gasteiger partial charge in [-0.15, -0.1) is 11.8 Å². The molecule has 174 valence electrons. The lowest BCUT2D eigenvalue weighted by atomic mass is 10.0. The Morgan fingerprint density at radius 2 is 1.88 bits per heavy atom. The molecule has 0 unspecified atom stereocenters. The van der Waals surface area contributed by atoms with Gasteiger partial charge in [0.25, 0.3) is 0 Å². The standard InChI is InChI=1S/C25H25N5O2S2/c1-31-24-20(13-27-25(29-24)32-2)15-7-10-19-21(11-15)26-14-22(34-30-16-8-9-16)23(19)28-17-5-4-6-18(12-17)33-3/h4-7,10-14,16,30H,8-9H2,1-3H3,(H,26,28). The summed E-state index contributed by atoms with van der Waals surface area (Å²) in [4.78, 5) is 15.6. The summed E-state index contributed by atoms with van der Waals surface area (Å²) < 4.78 is 14.1. The van der Waals surface area contributed by atoms with Crippen LogP contribution < -0.4 is 19.5 Å². The molecule has 0 spiro atoms. The summed E-state index contributed by atoms with van der Waals surface area (Å²) in [5.74, 6) is 0.458. The van der Waals surface area contributed by atoms with Crippen LogP contribution in [0.25, 0.3) is 22.0 Å². The number of hydrogen-bond acceptors (Lipinski definition) is 9. The molecular weight excluding hydrogens is 466 g/mol. The van der Waals surface area contributed by atoms with Crippen molar-refractivity contribution in [3.63, 3.8) is 0 Å². The van der Waals surface area contributed by atoms with Gasteiger partial charge in [-0.25, -0.2) is 4.98 Å². The first-order valence-electron chi connectivity index (χ1n) is 10.9. The van der Waals surface area contributed by atoms with E-state index in [1.54, 1.807) is 37.0 Å². The van der Waals surface area contributed by atoms with Crippen molar-refractivity contribution in [2.45, 2.75) is 28.7 Å². The van der Waals surface area contributed by atoms with E-state index in [1.807, 2.05) is 18.3 Å². The number of rotatable bonds is 9. The highest BCUT2D eigenvalue weighted by Gasteiger charge is 2.22. The van der Waals surface area contributed by atoms with Crippen molar-refractivity contribution in [2.75, 3.05) is 25.8 Å². The van der Waals surface area contributed by atoms with Crippen LogP contribution in [-0.4, -0.2) is 41.5 Å². The highest BCUT2D eigenvalue weighted by Crippen LogP contribution is 2.38. The summed E-state index contributed by atoms with van der Waals surface area (Å²) in [5, 5.41) is 4.69. The fourth-order valence-electron chi connectivity index (χ4n) is 3.55. The molecule has 1 aliphatic rings. The third kappa shape index (κ3) is 4.91. The molecule has 9 heteroatoms. The first-order valence-corrected chi connectivity index (χ1v) is 12.9. The molecule has 34 heavy (non-hydrogen) atoms. The van der Waals surface area contributed by atoms with E-state index in [4.69, 9.17) is 14.5 Å². The number of anilines is 2. The molecular formula is C25H25N5O2S2. The number of nitrogens with zero attached hydrogens (tertiary/aromatic N) is 3. The Morgan fingerprint density at radius 3 is 2.65 bits per heavy atom. The van der Waals surface area contributed by atoms with Gasteiger partial charge in [-0.05, 0) is 60.9 Å². The van der Waals surface area contributed by atoms with E-state index in [0.717, 1.165) is 38.3 Å². The van der Waals surface area contributed by atoms with E-state index in [-0.39, 0.29) is 6.01 Å². The van der Waals surface area contributed by atoms with Gasteiger partial charge in [-0.1, -0.05) is 18.2 Å².